The van der Waals surface area contributed by atoms with Crippen molar-refractivity contribution in [2.24, 2.45) is 0 Å². The van der Waals surface area contributed by atoms with Crippen molar-refractivity contribution in [3.05, 3.63) is 35.1 Å². The van der Waals surface area contributed by atoms with Gasteiger partial charge in [0.15, 0.2) is 11.4 Å². The highest BCUT2D eigenvalue weighted by atomic mass is 19.1. The maximum absolute atomic E-state index is 13.6. The number of halogens is 2. The molecule has 0 saturated carbocycles. The van der Waals surface area contributed by atoms with E-state index in [9.17, 15) is 8.78 Å². The molecule has 4 heteroatoms. The average Bonchev–Trinajstić information content (AvgIpc) is 2.66. The molecule has 0 aliphatic carbocycles. The van der Waals surface area contributed by atoms with Crippen LogP contribution in [0, 0.1) is 11.6 Å². The van der Waals surface area contributed by atoms with Gasteiger partial charge in [0.05, 0.1) is 6.54 Å². The maximum atomic E-state index is 13.6. The van der Waals surface area contributed by atoms with Crippen molar-refractivity contribution in [3.8, 4) is 0 Å². The van der Waals surface area contributed by atoms with Crippen LogP contribution in [0.15, 0.2) is 16.5 Å². The third kappa shape index (κ3) is 2.38. The summed E-state index contributed by atoms with van der Waals surface area (Å²) in [7, 11) is 0. The van der Waals surface area contributed by atoms with Gasteiger partial charge in [0.25, 0.3) is 0 Å². The molecule has 18 heavy (non-hydrogen) atoms. The Balaban J connectivity index is 2.55. The van der Waals surface area contributed by atoms with Crippen LogP contribution in [0.4, 0.5) is 8.78 Å². The fourth-order valence-electron chi connectivity index (χ4n) is 2.13. The average molecular weight is 253 g/mol. The Morgan fingerprint density at radius 1 is 1.22 bits per heavy atom. The summed E-state index contributed by atoms with van der Waals surface area (Å²) in [4.78, 5) is 0. The molecule has 98 valence electrons. The molecule has 0 saturated heterocycles. The molecule has 2 rings (SSSR count). The molecule has 2 nitrogen and oxygen atoms in total. The molecule has 1 heterocycles. The normalized spacial score (nSPS) is 11.3. The molecule has 0 radical (unpaired) electrons. The number of hydrogen-bond acceptors (Lipinski definition) is 2. The van der Waals surface area contributed by atoms with Gasteiger partial charge in [-0.05, 0) is 19.0 Å². The summed E-state index contributed by atoms with van der Waals surface area (Å²) in [5.74, 6) is -0.489. The number of furan rings is 1. The van der Waals surface area contributed by atoms with Crippen LogP contribution in [0.5, 0.6) is 0 Å². The first-order chi connectivity index (χ1) is 8.67. The fraction of sp³-hybridized carbons (Fsp3) is 0.429. The third-order valence-electron chi connectivity index (χ3n) is 2.93. The smallest absolute Gasteiger partial charge is 0.170 e. The Bertz CT molecular complexity index is 548. The van der Waals surface area contributed by atoms with Gasteiger partial charge >= 0.3 is 0 Å². The third-order valence-corrected chi connectivity index (χ3v) is 2.93. The lowest BCUT2D eigenvalue weighted by Gasteiger charge is -2.01. The summed E-state index contributed by atoms with van der Waals surface area (Å²) in [5, 5.41) is 3.71. The minimum Gasteiger partial charge on any atom is -0.456 e. The quantitative estimate of drug-likeness (QED) is 0.877. The van der Waals surface area contributed by atoms with Gasteiger partial charge in [0, 0.05) is 17.0 Å². The molecule has 1 aromatic carbocycles. The minimum atomic E-state index is -0.634. The highest BCUT2D eigenvalue weighted by Gasteiger charge is 2.17. The highest BCUT2D eigenvalue weighted by molar-refractivity contribution is 5.83. The van der Waals surface area contributed by atoms with Gasteiger partial charge in [0.2, 0.25) is 0 Å². The number of fused-ring (bicyclic) bond motifs is 1. The lowest BCUT2D eigenvalue weighted by atomic mass is 10.1. The Morgan fingerprint density at radius 3 is 2.67 bits per heavy atom. The van der Waals surface area contributed by atoms with E-state index in [0.29, 0.717) is 17.7 Å². The summed E-state index contributed by atoms with van der Waals surface area (Å²) in [5.41, 5.74) is 1.07. The molecule has 0 atom stereocenters. The van der Waals surface area contributed by atoms with Crippen LogP contribution in [0.2, 0.25) is 0 Å². The molecule has 0 fully saturated rings. The van der Waals surface area contributed by atoms with E-state index < -0.39 is 11.6 Å². The molecule has 0 spiro atoms. The van der Waals surface area contributed by atoms with E-state index in [0.717, 1.165) is 31.0 Å². The monoisotopic (exact) mass is 253 g/mol. The van der Waals surface area contributed by atoms with Crippen LogP contribution in [0.1, 0.15) is 31.6 Å². The summed E-state index contributed by atoms with van der Waals surface area (Å²) < 4.78 is 32.5. The first-order valence-electron chi connectivity index (χ1n) is 6.27. The Kier molecular flexibility index (Phi) is 3.97. The molecule has 0 aliphatic rings. The van der Waals surface area contributed by atoms with Crippen LogP contribution >= 0.6 is 0 Å². The number of hydrogen-bond donors (Lipinski definition) is 1. The molecule has 2 aromatic rings. The van der Waals surface area contributed by atoms with Crippen LogP contribution in [-0.4, -0.2) is 6.54 Å². The number of benzene rings is 1. The van der Waals surface area contributed by atoms with E-state index in [1.54, 1.807) is 0 Å². The predicted octanol–water partition coefficient (Wildman–Crippen LogP) is 3.77. The molecule has 0 bridgehead atoms. The zero-order chi connectivity index (χ0) is 13.1. The predicted molar refractivity (Wildman–Crippen MR) is 67.5 cm³/mol. The summed E-state index contributed by atoms with van der Waals surface area (Å²) in [6.45, 7) is 5.37. The second kappa shape index (κ2) is 5.48. The number of nitrogens with one attached hydrogen (secondary N) is 1. The Hall–Kier alpha value is -1.42. The molecule has 0 unspecified atom stereocenters. The topological polar surface area (TPSA) is 25.2 Å². The minimum absolute atomic E-state index is 0.160. The number of rotatable bonds is 5. The van der Waals surface area contributed by atoms with E-state index in [1.807, 2.05) is 13.8 Å². The molecular formula is C14H17F2NO. The molecule has 1 N–H and O–H groups in total. The van der Waals surface area contributed by atoms with Crippen molar-refractivity contribution in [2.75, 3.05) is 6.54 Å². The van der Waals surface area contributed by atoms with E-state index in [4.69, 9.17) is 4.42 Å². The zero-order valence-electron chi connectivity index (χ0n) is 10.6. The Morgan fingerprint density at radius 2 is 2.00 bits per heavy atom. The van der Waals surface area contributed by atoms with Crippen molar-refractivity contribution in [2.45, 2.75) is 33.2 Å². The lowest BCUT2D eigenvalue weighted by molar-refractivity contribution is 0.491. The lowest BCUT2D eigenvalue weighted by Crippen LogP contribution is -2.12. The molecule has 0 aliphatic heterocycles. The maximum Gasteiger partial charge on any atom is 0.170 e. The van der Waals surface area contributed by atoms with E-state index in [1.165, 1.54) is 6.07 Å². The largest absolute Gasteiger partial charge is 0.456 e. The van der Waals surface area contributed by atoms with Gasteiger partial charge in [-0.2, -0.15) is 0 Å². The highest BCUT2D eigenvalue weighted by Crippen LogP contribution is 2.30. The Labute approximate surface area is 105 Å². The zero-order valence-corrected chi connectivity index (χ0v) is 10.6. The van der Waals surface area contributed by atoms with Crippen molar-refractivity contribution in [1.29, 1.82) is 0 Å². The van der Waals surface area contributed by atoms with Crippen molar-refractivity contribution < 1.29 is 13.2 Å². The van der Waals surface area contributed by atoms with Gasteiger partial charge in [-0.25, -0.2) is 8.78 Å². The van der Waals surface area contributed by atoms with Gasteiger partial charge in [-0.1, -0.05) is 20.3 Å². The van der Waals surface area contributed by atoms with Gasteiger partial charge in [-0.3, -0.25) is 0 Å². The van der Waals surface area contributed by atoms with Crippen LogP contribution in [0.3, 0.4) is 0 Å². The SMILES string of the molecule is CCCc1c(CNCC)oc2c(F)cc(F)cc12. The summed E-state index contributed by atoms with van der Waals surface area (Å²) in [6, 6.07) is 2.21. The fourth-order valence-corrected chi connectivity index (χ4v) is 2.13. The second-order valence-corrected chi connectivity index (χ2v) is 4.30. The molecule has 1 aromatic heterocycles. The van der Waals surface area contributed by atoms with Gasteiger partial charge < -0.3 is 9.73 Å². The van der Waals surface area contributed by atoms with E-state index in [2.05, 4.69) is 5.32 Å². The van der Waals surface area contributed by atoms with E-state index >= 15 is 0 Å². The van der Waals surface area contributed by atoms with Crippen molar-refractivity contribution in [3.63, 3.8) is 0 Å². The van der Waals surface area contributed by atoms with Crippen LogP contribution in [-0.2, 0) is 13.0 Å². The molecule has 0 amide bonds. The van der Waals surface area contributed by atoms with Crippen LogP contribution in [0.25, 0.3) is 11.0 Å². The standard InChI is InChI=1S/C14H17F2NO/c1-3-5-10-11-6-9(15)7-12(16)14(11)18-13(10)8-17-4-2/h6-7,17H,3-5,8H2,1-2H3. The summed E-state index contributed by atoms with van der Waals surface area (Å²) in [6.07, 6.45) is 1.67. The van der Waals surface area contributed by atoms with E-state index in [-0.39, 0.29) is 5.58 Å². The second-order valence-electron chi connectivity index (χ2n) is 4.30. The van der Waals surface area contributed by atoms with Crippen LogP contribution < -0.4 is 5.32 Å². The number of aryl methyl sites for hydroxylation is 1. The summed E-state index contributed by atoms with van der Waals surface area (Å²) >= 11 is 0. The first-order valence-corrected chi connectivity index (χ1v) is 6.27. The van der Waals surface area contributed by atoms with Gasteiger partial charge in [0.1, 0.15) is 11.6 Å². The molecular weight excluding hydrogens is 236 g/mol. The van der Waals surface area contributed by atoms with Gasteiger partial charge in [-0.15, -0.1) is 0 Å². The first kappa shape index (κ1) is 13.0. The van der Waals surface area contributed by atoms with Crippen molar-refractivity contribution in [1.82, 2.24) is 5.32 Å². The van der Waals surface area contributed by atoms with Crippen molar-refractivity contribution >= 4 is 11.0 Å².